The van der Waals surface area contributed by atoms with Crippen molar-refractivity contribution in [1.82, 2.24) is 0 Å². The molecule has 1 aliphatic heterocycles. The first kappa shape index (κ1) is 18.8. The van der Waals surface area contributed by atoms with Crippen molar-refractivity contribution in [1.29, 1.82) is 0 Å². The summed E-state index contributed by atoms with van der Waals surface area (Å²) in [6, 6.07) is 6.10. The molecule has 2 aromatic carbocycles. The molecule has 0 saturated heterocycles. The SMILES string of the molecule is CCOc1cc2c(cc1NS(=O)(=O)c1ccc(O)c([N+](=O)[O-])c1)OC(C)C2. The van der Waals surface area contributed by atoms with E-state index in [4.69, 9.17) is 9.47 Å². The van der Waals surface area contributed by atoms with Crippen LogP contribution < -0.4 is 14.2 Å². The molecule has 1 unspecified atom stereocenters. The molecule has 0 aromatic heterocycles. The van der Waals surface area contributed by atoms with E-state index in [0.717, 1.165) is 23.8 Å². The fraction of sp³-hybridized carbons (Fsp3) is 0.294. The fourth-order valence-electron chi connectivity index (χ4n) is 2.81. The van der Waals surface area contributed by atoms with Gasteiger partial charge in [0.15, 0.2) is 5.75 Å². The van der Waals surface area contributed by atoms with E-state index in [2.05, 4.69) is 4.72 Å². The minimum Gasteiger partial charge on any atom is -0.502 e. The third-order valence-electron chi connectivity index (χ3n) is 4.00. The van der Waals surface area contributed by atoms with Gasteiger partial charge in [0, 0.05) is 24.1 Å². The molecule has 27 heavy (non-hydrogen) atoms. The number of anilines is 1. The predicted octanol–water partition coefficient (Wildman–Crippen LogP) is 2.82. The lowest BCUT2D eigenvalue weighted by Crippen LogP contribution is -2.14. The molecule has 2 aromatic rings. The number of hydrogen-bond acceptors (Lipinski definition) is 7. The van der Waals surface area contributed by atoms with Crippen LogP contribution >= 0.6 is 0 Å². The van der Waals surface area contributed by atoms with Crippen LogP contribution in [0.1, 0.15) is 19.4 Å². The zero-order valence-electron chi connectivity index (χ0n) is 14.6. The van der Waals surface area contributed by atoms with Gasteiger partial charge in [-0.05, 0) is 32.0 Å². The lowest BCUT2D eigenvalue weighted by Gasteiger charge is -2.14. The van der Waals surface area contributed by atoms with E-state index < -0.39 is 26.4 Å². The van der Waals surface area contributed by atoms with Gasteiger partial charge in [0.2, 0.25) is 0 Å². The Labute approximate surface area is 155 Å². The van der Waals surface area contributed by atoms with Crippen molar-refractivity contribution in [3.05, 3.63) is 46.0 Å². The number of nitrogens with zero attached hydrogens (tertiary/aromatic N) is 1. The molecule has 0 bridgehead atoms. The Bertz CT molecular complexity index is 1000. The Morgan fingerprint density at radius 2 is 2.11 bits per heavy atom. The topological polar surface area (TPSA) is 128 Å². The summed E-state index contributed by atoms with van der Waals surface area (Å²) in [5.41, 5.74) is 0.378. The van der Waals surface area contributed by atoms with Crippen LogP contribution in [0.2, 0.25) is 0 Å². The zero-order chi connectivity index (χ0) is 19.8. The second kappa shape index (κ2) is 6.95. The highest BCUT2D eigenvalue weighted by Gasteiger charge is 2.26. The van der Waals surface area contributed by atoms with Gasteiger partial charge >= 0.3 is 5.69 Å². The van der Waals surface area contributed by atoms with Crippen LogP contribution in [0.3, 0.4) is 0 Å². The summed E-state index contributed by atoms with van der Waals surface area (Å²) >= 11 is 0. The van der Waals surface area contributed by atoms with Gasteiger partial charge in [0.1, 0.15) is 17.6 Å². The molecule has 0 aliphatic carbocycles. The van der Waals surface area contributed by atoms with Crippen molar-refractivity contribution in [3.8, 4) is 17.2 Å². The Morgan fingerprint density at radius 1 is 1.37 bits per heavy atom. The Morgan fingerprint density at radius 3 is 2.78 bits per heavy atom. The molecule has 0 spiro atoms. The van der Waals surface area contributed by atoms with Gasteiger partial charge in [-0.3, -0.25) is 14.8 Å². The first-order valence-corrected chi connectivity index (χ1v) is 9.66. The summed E-state index contributed by atoms with van der Waals surface area (Å²) in [7, 11) is -4.16. The van der Waals surface area contributed by atoms with Gasteiger partial charge in [-0.1, -0.05) is 0 Å². The fourth-order valence-corrected chi connectivity index (χ4v) is 3.90. The Hall–Kier alpha value is -3.01. The number of sulfonamides is 1. The third kappa shape index (κ3) is 3.75. The van der Waals surface area contributed by atoms with E-state index in [9.17, 15) is 23.6 Å². The second-order valence-electron chi connectivity index (χ2n) is 6.03. The molecule has 3 rings (SSSR count). The van der Waals surface area contributed by atoms with Gasteiger partial charge in [-0.25, -0.2) is 8.42 Å². The summed E-state index contributed by atoms with van der Waals surface area (Å²) in [6.45, 7) is 4.00. The van der Waals surface area contributed by atoms with Crippen LogP contribution in [0.4, 0.5) is 11.4 Å². The van der Waals surface area contributed by atoms with E-state index in [1.54, 1.807) is 13.0 Å². The summed E-state index contributed by atoms with van der Waals surface area (Å²) in [6.07, 6.45) is 0.660. The number of phenols is 1. The van der Waals surface area contributed by atoms with E-state index in [1.165, 1.54) is 6.07 Å². The molecular formula is C17H18N2O7S. The molecule has 144 valence electrons. The molecular weight excluding hydrogens is 376 g/mol. The maximum absolute atomic E-state index is 12.7. The van der Waals surface area contributed by atoms with Crippen molar-refractivity contribution >= 4 is 21.4 Å². The molecule has 9 nitrogen and oxygen atoms in total. The molecule has 0 amide bonds. The van der Waals surface area contributed by atoms with Crippen LogP contribution in [-0.2, 0) is 16.4 Å². The van der Waals surface area contributed by atoms with Gasteiger partial charge in [-0.15, -0.1) is 0 Å². The molecule has 10 heteroatoms. The smallest absolute Gasteiger partial charge is 0.312 e. The number of aromatic hydroxyl groups is 1. The van der Waals surface area contributed by atoms with Crippen molar-refractivity contribution in [3.63, 3.8) is 0 Å². The van der Waals surface area contributed by atoms with E-state index in [1.807, 2.05) is 6.92 Å². The highest BCUT2D eigenvalue weighted by molar-refractivity contribution is 7.92. The van der Waals surface area contributed by atoms with E-state index >= 15 is 0 Å². The molecule has 0 fully saturated rings. The van der Waals surface area contributed by atoms with Gasteiger partial charge in [0.25, 0.3) is 10.0 Å². The van der Waals surface area contributed by atoms with Crippen molar-refractivity contribution in [2.75, 3.05) is 11.3 Å². The molecule has 1 atom stereocenters. The first-order valence-electron chi connectivity index (χ1n) is 8.18. The molecule has 1 heterocycles. The monoisotopic (exact) mass is 394 g/mol. The Kier molecular flexibility index (Phi) is 4.83. The minimum absolute atomic E-state index is 0.0268. The number of benzene rings is 2. The van der Waals surface area contributed by atoms with Crippen LogP contribution in [0.15, 0.2) is 35.2 Å². The normalized spacial score (nSPS) is 15.7. The number of nitro groups is 1. The first-order chi connectivity index (χ1) is 12.7. The Balaban J connectivity index is 2.00. The van der Waals surface area contributed by atoms with Gasteiger partial charge in [0.05, 0.1) is 22.1 Å². The number of nitro benzene ring substituents is 1. The molecule has 0 saturated carbocycles. The summed E-state index contributed by atoms with van der Waals surface area (Å²) in [5.74, 6) is 0.278. The largest absolute Gasteiger partial charge is 0.502 e. The van der Waals surface area contributed by atoms with Gasteiger partial charge < -0.3 is 14.6 Å². The highest BCUT2D eigenvalue weighted by atomic mass is 32.2. The standard InChI is InChI=1S/C17H18N2O7S/c1-3-25-17-7-11-6-10(2)26-16(11)9-13(17)18-27(23,24)12-4-5-15(20)14(8-12)19(21)22/h4-5,7-10,18,20H,3,6H2,1-2H3. The number of rotatable bonds is 6. The summed E-state index contributed by atoms with van der Waals surface area (Å²) in [5, 5.41) is 20.5. The minimum atomic E-state index is -4.16. The number of nitrogens with one attached hydrogen (secondary N) is 1. The quantitative estimate of drug-likeness (QED) is 0.569. The third-order valence-corrected chi connectivity index (χ3v) is 5.36. The zero-order valence-corrected chi connectivity index (χ0v) is 15.4. The van der Waals surface area contributed by atoms with Crippen LogP contribution in [0.25, 0.3) is 0 Å². The lowest BCUT2D eigenvalue weighted by atomic mass is 10.1. The highest BCUT2D eigenvalue weighted by Crippen LogP contribution is 2.39. The maximum Gasteiger partial charge on any atom is 0.312 e. The molecule has 1 aliphatic rings. The van der Waals surface area contributed by atoms with Crippen molar-refractivity contribution < 1.29 is 27.9 Å². The summed E-state index contributed by atoms with van der Waals surface area (Å²) in [4.78, 5) is 9.74. The predicted molar refractivity (Wildman–Crippen MR) is 97.0 cm³/mol. The number of fused-ring (bicyclic) bond motifs is 1. The molecule has 2 N–H and O–H groups in total. The average molecular weight is 394 g/mol. The summed E-state index contributed by atoms with van der Waals surface area (Å²) < 4.78 is 39.0. The van der Waals surface area contributed by atoms with Crippen molar-refractivity contribution in [2.24, 2.45) is 0 Å². The lowest BCUT2D eigenvalue weighted by molar-refractivity contribution is -0.386. The number of phenolic OH excluding ortho intramolecular Hbond substituents is 1. The number of ether oxygens (including phenoxy) is 2. The number of hydrogen-bond donors (Lipinski definition) is 2. The van der Waals surface area contributed by atoms with Crippen LogP contribution in [0.5, 0.6) is 17.2 Å². The van der Waals surface area contributed by atoms with Crippen LogP contribution in [-0.4, -0.2) is 31.2 Å². The van der Waals surface area contributed by atoms with Crippen LogP contribution in [0, 0.1) is 10.1 Å². The maximum atomic E-state index is 12.7. The van der Waals surface area contributed by atoms with Gasteiger partial charge in [-0.2, -0.15) is 0 Å². The average Bonchev–Trinajstić information content (AvgIpc) is 2.94. The van der Waals surface area contributed by atoms with Crippen molar-refractivity contribution in [2.45, 2.75) is 31.3 Å². The molecule has 0 radical (unpaired) electrons. The van der Waals surface area contributed by atoms with E-state index in [0.29, 0.717) is 24.5 Å². The second-order valence-corrected chi connectivity index (χ2v) is 7.72. The van der Waals surface area contributed by atoms with E-state index in [-0.39, 0.29) is 16.7 Å².